The Kier molecular flexibility index (Phi) is 3.68. The van der Waals surface area contributed by atoms with Crippen molar-refractivity contribution >= 4 is 16.8 Å². The molecule has 0 N–H and O–H groups in total. The summed E-state index contributed by atoms with van der Waals surface area (Å²) in [6.45, 7) is 3.24. The third-order valence-electron chi connectivity index (χ3n) is 3.98. The highest BCUT2D eigenvalue weighted by atomic mass is 16.2. The lowest BCUT2D eigenvalue weighted by Gasteiger charge is -2.29. The van der Waals surface area contributed by atoms with E-state index in [-0.39, 0.29) is 11.5 Å². The predicted octanol–water partition coefficient (Wildman–Crippen LogP) is 1.36. The molecule has 1 atom stereocenters. The van der Waals surface area contributed by atoms with Crippen LogP contribution in [0, 0.1) is 0 Å². The van der Waals surface area contributed by atoms with Gasteiger partial charge in [-0.2, -0.15) is 4.68 Å². The maximum absolute atomic E-state index is 12.5. The summed E-state index contributed by atoms with van der Waals surface area (Å²) in [5.41, 5.74) is 0.287. The lowest BCUT2D eigenvalue weighted by molar-refractivity contribution is -0.135. The Hall–Kier alpha value is -2.24. The van der Waals surface area contributed by atoms with Gasteiger partial charge in [0.05, 0.1) is 5.39 Å². The van der Waals surface area contributed by atoms with Gasteiger partial charge < -0.3 is 4.90 Å². The molecular formula is C15H18N4O2. The Morgan fingerprint density at radius 1 is 1.19 bits per heavy atom. The predicted molar refractivity (Wildman–Crippen MR) is 78.9 cm³/mol. The molecule has 1 aromatic heterocycles. The second kappa shape index (κ2) is 5.63. The number of piperidine rings is 1. The summed E-state index contributed by atoms with van der Waals surface area (Å²) in [6.07, 6.45) is 3.21. The standard InChI is InChI=1S/C15H18N4O2/c1-11(14(20)18-9-5-2-6-10-18)19-15(21)12-7-3-4-8-13(12)16-17-19/h3-4,7-8,11H,2,5-6,9-10H2,1H3/t11-/m0/s1. The van der Waals surface area contributed by atoms with Crippen molar-refractivity contribution in [3.63, 3.8) is 0 Å². The first-order chi connectivity index (χ1) is 10.2. The number of carbonyl (C=O) groups excluding carboxylic acids is 1. The summed E-state index contributed by atoms with van der Waals surface area (Å²) in [5.74, 6) is -0.0543. The molecule has 0 bridgehead atoms. The van der Waals surface area contributed by atoms with E-state index >= 15 is 0 Å². The summed E-state index contributed by atoms with van der Waals surface area (Å²) in [5, 5.41) is 8.45. The number of likely N-dealkylation sites (tertiary alicyclic amines) is 1. The number of fused-ring (bicyclic) bond motifs is 1. The summed E-state index contributed by atoms with van der Waals surface area (Å²) < 4.78 is 1.19. The van der Waals surface area contributed by atoms with Crippen molar-refractivity contribution in [2.24, 2.45) is 0 Å². The Morgan fingerprint density at radius 2 is 1.90 bits per heavy atom. The van der Waals surface area contributed by atoms with E-state index < -0.39 is 6.04 Å². The van der Waals surface area contributed by atoms with Crippen LogP contribution in [0.3, 0.4) is 0 Å². The average molecular weight is 286 g/mol. The molecule has 0 spiro atoms. The number of hydrogen-bond donors (Lipinski definition) is 0. The lowest BCUT2D eigenvalue weighted by Crippen LogP contribution is -2.42. The van der Waals surface area contributed by atoms with E-state index in [4.69, 9.17) is 0 Å². The second-order valence-electron chi connectivity index (χ2n) is 5.42. The quantitative estimate of drug-likeness (QED) is 0.836. The van der Waals surface area contributed by atoms with Gasteiger partial charge in [-0.3, -0.25) is 9.59 Å². The molecule has 1 aromatic carbocycles. The first kappa shape index (κ1) is 13.7. The van der Waals surface area contributed by atoms with Crippen molar-refractivity contribution in [1.82, 2.24) is 19.9 Å². The van der Waals surface area contributed by atoms with Gasteiger partial charge in [0.2, 0.25) is 5.91 Å². The van der Waals surface area contributed by atoms with Gasteiger partial charge in [-0.25, -0.2) is 0 Å². The average Bonchev–Trinajstić information content (AvgIpc) is 2.55. The van der Waals surface area contributed by atoms with Crippen LogP contribution in [-0.4, -0.2) is 38.9 Å². The monoisotopic (exact) mass is 286 g/mol. The van der Waals surface area contributed by atoms with Gasteiger partial charge in [0.25, 0.3) is 5.56 Å². The minimum atomic E-state index is -0.618. The van der Waals surface area contributed by atoms with Crippen molar-refractivity contribution in [1.29, 1.82) is 0 Å². The Morgan fingerprint density at radius 3 is 2.67 bits per heavy atom. The lowest BCUT2D eigenvalue weighted by atomic mass is 10.1. The van der Waals surface area contributed by atoms with Crippen LogP contribution in [0.5, 0.6) is 0 Å². The van der Waals surface area contributed by atoms with Gasteiger partial charge in [-0.05, 0) is 38.3 Å². The topological polar surface area (TPSA) is 68.1 Å². The van der Waals surface area contributed by atoms with Crippen LogP contribution in [0.1, 0.15) is 32.2 Å². The Labute approximate surface area is 122 Å². The van der Waals surface area contributed by atoms with Crippen molar-refractivity contribution in [2.45, 2.75) is 32.2 Å². The van der Waals surface area contributed by atoms with Crippen LogP contribution < -0.4 is 5.56 Å². The first-order valence-corrected chi connectivity index (χ1v) is 7.31. The molecule has 1 aliphatic heterocycles. The maximum atomic E-state index is 12.5. The van der Waals surface area contributed by atoms with Crippen molar-refractivity contribution in [3.8, 4) is 0 Å². The first-order valence-electron chi connectivity index (χ1n) is 7.31. The number of aromatic nitrogens is 3. The maximum Gasteiger partial charge on any atom is 0.278 e. The number of benzene rings is 1. The number of amides is 1. The summed E-state index contributed by atoms with van der Waals surface area (Å²) in [4.78, 5) is 26.7. The molecule has 1 aliphatic rings. The number of rotatable bonds is 2. The van der Waals surface area contributed by atoms with E-state index in [1.54, 1.807) is 25.1 Å². The number of carbonyl (C=O) groups is 1. The molecule has 6 heteroatoms. The molecule has 2 heterocycles. The van der Waals surface area contributed by atoms with Gasteiger partial charge in [-0.1, -0.05) is 17.3 Å². The van der Waals surface area contributed by atoms with E-state index in [9.17, 15) is 9.59 Å². The van der Waals surface area contributed by atoms with E-state index in [1.165, 1.54) is 4.68 Å². The highest BCUT2D eigenvalue weighted by Gasteiger charge is 2.25. The molecule has 2 aromatic rings. The van der Waals surface area contributed by atoms with Crippen LogP contribution in [0.2, 0.25) is 0 Å². The van der Waals surface area contributed by atoms with Gasteiger partial charge in [0, 0.05) is 13.1 Å². The molecule has 21 heavy (non-hydrogen) atoms. The van der Waals surface area contributed by atoms with Gasteiger partial charge in [0.15, 0.2) is 0 Å². The number of hydrogen-bond acceptors (Lipinski definition) is 4. The zero-order valence-corrected chi connectivity index (χ0v) is 12.0. The molecule has 1 saturated heterocycles. The largest absolute Gasteiger partial charge is 0.341 e. The van der Waals surface area contributed by atoms with Crippen LogP contribution in [0.4, 0.5) is 0 Å². The summed E-state index contributed by atoms with van der Waals surface area (Å²) >= 11 is 0. The van der Waals surface area contributed by atoms with Crippen LogP contribution in [0.15, 0.2) is 29.1 Å². The van der Waals surface area contributed by atoms with Crippen molar-refractivity contribution in [2.75, 3.05) is 13.1 Å². The van der Waals surface area contributed by atoms with Crippen molar-refractivity contribution in [3.05, 3.63) is 34.6 Å². The van der Waals surface area contributed by atoms with Crippen LogP contribution in [0.25, 0.3) is 10.9 Å². The van der Waals surface area contributed by atoms with Gasteiger partial charge in [0.1, 0.15) is 11.6 Å². The number of nitrogens with zero attached hydrogens (tertiary/aromatic N) is 4. The Bertz CT molecular complexity index is 719. The fourth-order valence-electron chi connectivity index (χ4n) is 2.74. The van der Waals surface area contributed by atoms with Gasteiger partial charge >= 0.3 is 0 Å². The minimum Gasteiger partial charge on any atom is -0.341 e. The molecule has 6 nitrogen and oxygen atoms in total. The molecule has 0 radical (unpaired) electrons. The third-order valence-corrected chi connectivity index (χ3v) is 3.98. The van der Waals surface area contributed by atoms with E-state index in [0.717, 1.165) is 32.4 Å². The van der Waals surface area contributed by atoms with E-state index in [1.807, 2.05) is 11.0 Å². The van der Waals surface area contributed by atoms with Gasteiger partial charge in [-0.15, -0.1) is 5.10 Å². The molecular weight excluding hydrogens is 268 g/mol. The van der Waals surface area contributed by atoms with E-state index in [0.29, 0.717) is 10.9 Å². The Balaban J connectivity index is 1.94. The molecule has 3 rings (SSSR count). The fourth-order valence-corrected chi connectivity index (χ4v) is 2.74. The molecule has 0 saturated carbocycles. The van der Waals surface area contributed by atoms with Crippen LogP contribution in [-0.2, 0) is 4.79 Å². The minimum absolute atomic E-state index is 0.0543. The molecule has 1 amide bonds. The highest BCUT2D eigenvalue weighted by Crippen LogP contribution is 2.14. The van der Waals surface area contributed by atoms with E-state index in [2.05, 4.69) is 10.3 Å². The van der Waals surface area contributed by atoms with Crippen LogP contribution >= 0.6 is 0 Å². The second-order valence-corrected chi connectivity index (χ2v) is 5.42. The van der Waals surface area contributed by atoms with Crippen molar-refractivity contribution < 1.29 is 4.79 Å². The highest BCUT2D eigenvalue weighted by molar-refractivity contribution is 5.81. The molecule has 110 valence electrons. The third kappa shape index (κ3) is 2.53. The fraction of sp³-hybridized carbons (Fsp3) is 0.467. The normalized spacial score (nSPS) is 16.9. The SMILES string of the molecule is C[C@@H](C(=O)N1CCCCC1)n1nnc2ccccc2c1=O. The molecule has 0 aliphatic carbocycles. The zero-order valence-electron chi connectivity index (χ0n) is 12.0. The summed E-state index contributed by atoms with van der Waals surface area (Å²) in [7, 11) is 0. The molecule has 0 unspecified atom stereocenters. The molecule has 1 fully saturated rings. The zero-order chi connectivity index (χ0) is 14.8. The smallest absolute Gasteiger partial charge is 0.278 e. The summed E-state index contributed by atoms with van der Waals surface area (Å²) in [6, 6.07) is 6.43.